The highest BCUT2D eigenvalue weighted by Crippen LogP contribution is 1.89. The molecule has 0 radical (unpaired) electrons. The standard InChI is InChI=1S/C5H12O.C5H10O/c1-4-6-5(2)3;1-4(2)5(3)6/h5H,4H2,1-3H3;4H,1-3H3. The Hall–Kier alpha value is -0.370. The fourth-order valence-electron chi connectivity index (χ4n) is 0.333. The van der Waals surface area contributed by atoms with Gasteiger partial charge in [-0.05, 0) is 27.7 Å². The van der Waals surface area contributed by atoms with Crippen LogP contribution in [0, 0.1) is 5.92 Å². The zero-order valence-corrected chi connectivity index (χ0v) is 9.18. The summed E-state index contributed by atoms with van der Waals surface area (Å²) in [5, 5.41) is 0. The molecule has 0 atom stereocenters. The first kappa shape index (κ1) is 14.2. The number of hydrogen-bond donors (Lipinski definition) is 0. The molecule has 12 heavy (non-hydrogen) atoms. The van der Waals surface area contributed by atoms with Gasteiger partial charge in [0.15, 0.2) is 0 Å². The zero-order chi connectivity index (χ0) is 10.1. The molecule has 0 fully saturated rings. The second kappa shape index (κ2) is 8.72. The predicted molar refractivity (Wildman–Crippen MR) is 52.3 cm³/mol. The summed E-state index contributed by atoms with van der Waals surface area (Å²) in [6.45, 7) is 12.3. The number of rotatable bonds is 3. The van der Waals surface area contributed by atoms with E-state index in [2.05, 4.69) is 0 Å². The van der Waals surface area contributed by atoms with Crippen molar-refractivity contribution in [2.45, 2.75) is 47.6 Å². The zero-order valence-electron chi connectivity index (χ0n) is 9.18. The van der Waals surface area contributed by atoms with Gasteiger partial charge in [0.25, 0.3) is 0 Å². The van der Waals surface area contributed by atoms with Crippen LogP contribution < -0.4 is 0 Å². The topological polar surface area (TPSA) is 26.3 Å². The highest BCUT2D eigenvalue weighted by atomic mass is 16.5. The Bertz CT molecular complexity index is 106. The van der Waals surface area contributed by atoms with Gasteiger partial charge in [-0.25, -0.2) is 0 Å². The van der Waals surface area contributed by atoms with E-state index in [4.69, 9.17) is 4.74 Å². The number of ether oxygens (including phenoxy) is 1. The van der Waals surface area contributed by atoms with E-state index in [1.807, 2.05) is 34.6 Å². The Morgan fingerprint density at radius 2 is 1.58 bits per heavy atom. The molecular weight excluding hydrogens is 152 g/mol. The molecule has 0 amide bonds. The smallest absolute Gasteiger partial charge is 0.132 e. The Labute approximate surface area is 76.3 Å². The number of hydrogen-bond acceptors (Lipinski definition) is 2. The van der Waals surface area contributed by atoms with Gasteiger partial charge in [-0.2, -0.15) is 0 Å². The van der Waals surface area contributed by atoms with Crippen molar-refractivity contribution in [1.29, 1.82) is 0 Å². The van der Waals surface area contributed by atoms with Crippen LogP contribution in [0.1, 0.15) is 41.5 Å². The first-order chi connectivity index (χ1) is 5.41. The molecule has 0 aliphatic carbocycles. The quantitative estimate of drug-likeness (QED) is 0.657. The number of Topliss-reactive ketones (excluding diaryl/α,β-unsaturated/α-hetero) is 1. The van der Waals surface area contributed by atoms with E-state index in [1.54, 1.807) is 6.92 Å². The molecule has 0 aromatic heterocycles. The van der Waals surface area contributed by atoms with E-state index in [0.717, 1.165) is 6.61 Å². The van der Waals surface area contributed by atoms with Crippen molar-refractivity contribution in [1.82, 2.24) is 0 Å². The molecule has 74 valence electrons. The van der Waals surface area contributed by atoms with Crippen LogP contribution in [0.25, 0.3) is 0 Å². The Kier molecular flexibility index (Phi) is 10.3. The summed E-state index contributed by atoms with van der Waals surface area (Å²) in [6.07, 6.45) is 0.398. The summed E-state index contributed by atoms with van der Waals surface area (Å²) >= 11 is 0. The highest BCUT2D eigenvalue weighted by molar-refractivity contribution is 5.77. The van der Waals surface area contributed by atoms with Crippen molar-refractivity contribution in [2.75, 3.05) is 6.61 Å². The molecule has 0 spiro atoms. The maximum absolute atomic E-state index is 10.1. The van der Waals surface area contributed by atoms with Crippen LogP contribution in [0.5, 0.6) is 0 Å². The summed E-state index contributed by atoms with van der Waals surface area (Å²) in [4.78, 5) is 10.1. The van der Waals surface area contributed by atoms with Gasteiger partial charge in [-0.15, -0.1) is 0 Å². The van der Waals surface area contributed by atoms with Crippen molar-refractivity contribution >= 4 is 5.78 Å². The monoisotopic (exact) mass is 174 g/mol. The van der Waals surface area contributed by atoms with Crippen LogP contribution in [0.2, 0.25) is 0 Å². The maximum atomic E-state index is 10.1. The van der Waals surface area contributed by atoms with Gasteiger partial charge >= 0.3 is 0 Å². The molecule has 0 saturated carbocycles. The summed E-state index contributed by atoms with van der Waals surface area (Å²) in [5.41, 5.74) is 0. The third-order valence-electron chi connectivity index (χ3n) is 1.31. The predicted octanol–water partition coefficient (Wildman–Crippen LogP) is 2.66. The molecule has 0 unspecified atom stereocenters. The van der Waals surface area contributed by atoms with Gasteiger partial charge in [0, 0.05) is 12.5 Å². The van der Waals surface area contributed by atoms with Crippen LogP contribution in [-0.4, -0.2) is 18.5 Å². The molecular formula is C10H22O2. The van der Waals surface area contributed by atoms with Crippen LogP contribution in [0.3, 0.4) is 0 Å². The minimum Gasteiger partial charge on any atom is -0.379 e. The maximum Gasteiger partial charge on any atom is 0.132 e. The molecule has 0 bridgehead atoms. The van der Waals surface area contributed by atoms with Gasteiger partial charge in [0.1, 0.15) is 5.78 Å². The molecule has 0 rings (SSSR count). The summed E-state index contributed by atoms with van der Waals surface area (Å²) in [6, 6.07) is 0. The SMILES string of the molecule is CC(=O)C(C)C.CCOC(C)C. The second-order valence-corrected chi connectivity index (χ2v) is 3.27. The lowest BCUT2D eigenvalue weighted by Crippen LogP contribution is -1.99. The van der Waals surface area contributed by atoms with E-state index >= 15 is 0 Å². The van der Waals surface area contributed by atoms with E-state index in [0.29, 0.717) is 6.10 Å². The third-order valence-corrected chi connectivity index (χ3v) is 1.31. The van der Waals surface area contributed by atoms with Crippen LogP contribution in [0.15, 0.2) is 0 Å². The minimum atomic E-state index is 0.213. The normalized spacial score (nSPS) is 9.67. The lowest BCUT2D eigenvalue weighted by Gasteiger charge is -2.00. The average Bonchev–Trinajstić information content (AvgIpc) is 1.87. The molecule has 2 nitrogen and oxygen atoms in total. The van der Waals surface area contributed by atoms with Gasteiger partial charge in [0.2, 0.25) is 0 Å². The fourth-order valence-corrected chi connectivity index (χ4v) is 0.333. The summed E-state index contributed by atoms with van der Waals surface area (Å²) < 4.78 is 5.04. The second-order valence-electron chi connectivity index (χ2n) is 3.27. The summed E-state index contributed by atoms with van der Waals surface area (Å²) in [7, 11) is 0. The Balaban J connectivity index is 0. The molecule has 0 aliphatic rings. The molecule has 0 aromatic rings. The van der Waals surface area contributed by atoms with E-state index < -0.39 is 0 Å². The van der Waals surface area contributed by atoms with Crippen molar-refractivity contribution in [3.63, 3.8) is 0 Å². The van der Waals surface area contributed by atoms with Gasteiger partial charge in [0.05, 0.1) is 6.10 Å². The average molecular weight is 174 g/mol. The molecule has 2 heteroatoms. The molecule has 0 heterocycles. The molecule has 0 saturated heterocycles. The number of carbonyl (C=O) groups is 1. The Morgan fingerprint density at radius 1 is 1.25 bits per heavy atom. The van der Waals surface area contributed by atoms with Crippen LogP contribution in [0.4, 0.5) is 0 Å². The number of ketones is 1. The van der Waals surface area contributed by atoms with Gasteiger partial charge in [-0.1, -0.05) is 13.8 Å². The van der Waals surface area contributed by atoms with E-state index in [1.165, 1.54) is 0 Å². The molecule has 0 N–H and O–H groups in total. The Morgan fingerprint density at radius 3 is 1.58 bits per heavy atom. The highest BCUT2D eigenvalue weighted by Gasteiger charge is 1.95. The minimum absolute atomic E-state index is 0.213. The van der Waals surface area contributed by atoms with E-state index in [9.17, 15) is 4.79 Å². The van der Waals surface area contributed by atoms with Gasteiger partial charge < -0.3 is 4.74 Å². The molecule has 0 aromatic carbocycles. The molecule has 0 aliphatic heterocycles. The third kappa shape index (κ3) is 16.3. The van der Waals surface area contributed by atoms with Crippen molar-refractivity contribution in [3.8, 4) is 0 Å². The first-order valence-electron chi connectivity index (χ1n) is 4.53. The fraction of sp³-hybridized carbons (Fsp3) is 0.900. The first-order valence-corrected chi connectivity index (χ1v) is 4.53. The van der Waals surface area contributed by atoms with Crippen LogP contribution in [-0.2, 0) is 9.53 Å². The van der Waals surface area contributed by atoms with Gasteiger partial charge in [-0.3, -0.25) is 4.79 Å². The van der Waals surface area contributed by atoms with E-state index in [-0.39, 0.29) is 11.7 Å². The van der Waals surface area contributed by atoms with Crippen molar-refractivity contribution in [3.05, 3.63) is 0 Å². The summed E-state index contributed by atoms with van der Waals surface area (Å²) in [5.74, 6) is 0.472. The largest absolute Gasteiger partial charge is 0.379 e. The lowest BCUT2D eigenvalue weighted by atomic mass is 10.1. The van der Waals surface area contributed by atoms with Crippen molar-refractivity contribution < 1.29 is 9.53 Å². The number of carbonyl (C=O) groups excluding carboxylic acids is 1. The van der Waals surface area contributed by atoms with Crippen molar-refractivity contribution in [2.24, 2.45) is 5.92 Å². The lowest BCUT2D eigenvalue weighted by molar-refractivity contribution is -0.119. The van der Waals surface area contributed by atoms with Crippen LogP contribution >= 0.6 is 0 Å².